The Bertz CT molecular complexity index is 705. The van der Waals surface area contributed by atoms with E-state index in [1.807, 2.05) is 30.6 Å². The summed E-state index contributed by atoms with van der Waals surface area (Å²) >= 11 is 1.65. The first-order chi connectivity index (χ1) is 11.3. The topological polar surface area (TPSA) is 67.8 Å². The number of thiazole rings is 1. The highest BCUT2D eigenvalue weighted by atomic mass is 127. The predicted molar refractivity (Wildman–Crippen MR) is 106 cm³/mol. The summed E-state index contributed by atoms with van der Waals surface area (Å²) in [7, 11) is 0. The molecule has 0 saturated heterocycles. The van der Waals surface area contributed by atoms with Crippen molar-refractivity contribution >= 4 is 41.3 Å². The van der Waals surface area contributed by atoms with Gasteiger partial charge in [-0.1, -0.05) is 6.07 Å². The van der Waals surface area contributed by atoms with Crippen molar-refractivity contribution in [1.29, 1.82) is 0 Å². The summed E-state index contributed by atoms with van der Waals surface area (Å²) in [5, 5.41) is 6.59. The van der Waals surface area contributed by atoms with Gasteiger partial charge in [-0.15, -0.1) is 35.3 Å². The standard InChI is InChI=1S/C16H20N4O2S.HI/c1-3-17-16(19-8-15-11(2)20-9-23-15)18-7-12-4-5-13-14(6-12)22-10-21-13;/h4-6,9H,3,7-8,10H2,1-2H3,(H2,17,18,19);1H. The Labute approximate surface area is 162 Å². The van der Waals surface area contributed by atoms with Crippen LogP contribution in [0, 0.1) is 6.92 Å². The fourth-order valence-electron chi connectivity index (χ4n) is 2.21. The molecule has 0 aliphatic carbocycles. The lowest BCUT2D eigenvalue weighted by Gasteiger charge is -2.11. The zero-order chi connectivity index (χ0) is 16.1. The Morgan fingerprint density at radius 3 is 2.88 bits per heavy atom. The maximum atomic E-state index is 5.40. The van der Waals surface area contributed by atoms with Gasteiger partial charge in [-0.05, 0) is 31.5 Å². The number of fused-ring (bicyclic) bond motifs is 1. The van der Waals surface area contributed by atoms with Crippen molar-refractivity contribution in [3.63, 3.8) is 0 Å². The molecule has 0 radical (unpaired) electrons. The van der Waals surface area contributed by atoms with Crippen molar-refractivity contribution in [2.45, 2.75) is 26.9 Å². The molecule has 6 nitrogen and oxygen atoms in total. The minimum atomic E-state index is 0. The number of aliphatic imine (C=N–C) groups is 1. The van der Waals surface area contributed by atoms with Crippen LogP contribution >= 0.6 is 35.3 Å². The van der Waals surface area contributed by atoms with Crippen molar-refractivity contribution in [3.8, 4) is 11.5 Å². The third-order valence-corrected chi connectivity index (χ3v) is 4.40. The molecule has 3 rings (SSSR count). The van der Waals surface area contributed by atoms with E-state index in [0.29, 0.717) is 13.3 Å². The maximum absolute atomic E-state index is 5.40. The lowest BCUT2D eigenvalue weighted by atomic mass is 10.2. The van der Waals surface area contributed by atoms with E-state index in [0.717, 1.165) is 41.8 Å². The highest BCUT2D eigenvalue weighted by molar-refractivity contribution is 14.0. The van der Waals surface area contributed by atoms with Crippen LogP contribution in [0.15, 0.2) is 28.7 Å². The molecule has 0 amide bonds. The van der Waals surface area contributed by atoms with Gasteiger partial charge in [0.2, 0.25) is 6.79 Å². The van der Waals surface area contributed by atoms with E-state index in [9.17, 15) is 0 Å². The zero-order valence-electron chi connectivity index (χ0n) is 13.7. The Morgan fingerprint density at radius 1 is 1.29 bits per heavy atom. The van der Waals surface area contributed by atoms with Crippen LogP contribution in [0.1, 0.15) is 23.1 Å². The van der Waals surface area contributed by atoms with Gasteiger partial charge in [0, 0.05) is 11.4 Å². The fourth-order valence-corrected chi connectivity index (χ4v) is 2.93. The van der Waals surface area contributed by atoms with Crippen LogP contribution < -0.4 is 20.1 Å². The summed E-state index contributed by atoms with van der Waals surface area (Å²) in [6.07, 6.45) is 0. The Morgan fingerprint density at radius 2 is 2.12 bits per heavy atom. The Kier molecular flexibility index (Phi) is 7.10. The summed E-state index contributed by atoms with van der Waals surface area (Å²) in [5.41, 5.74) is 4.01. The van der Waals surface area contributed by atoms with Crippen molar-refractivity contribution in [3.05, 3.63) is 39.8 Å². The van der Waals surface area contributed by atoms with E-state index >= 15 is 0 Å². The van der Waals surface area contributed by atoms with Gasteiger partial charge in [0.25, 0.3) is 0 Å². The summed E-state index contributed by atoms with van der Waals surface area (Å²) in [4.78, 5) is 10.1. The molecule has 24 heavy (non-hydrogen) atoms. The average Bonchev–Trinajstić information content (AvgIpc) is 3.18. The molecule has 0 atom stereocenters. The third kappa shape index (κ3) is 4.73. The molecule has 2 N–H and O–H groups in total. The normalized spacial score (nSPS) is 12.7. The SMILES string of the molecule is CCNC(=NCc1ccc2c(c1)OCO2)NCc1scnc1C.I. The molecule has 2 heterocycles. The van der Waals surface area contributed by atoms with Gasteiger partial charge in [-0.25, -0.2) is 9.98 Å². The van der Waals surface area contributed by atoms with Crippen molar-refractivity contribution in [2.75, 3.05) is 13.3 Å². The highest BCUT2D eigenvalue weighted by Crippen LogP contribution is 2.32. The second-order valence-corrected chi connectivity index (χ2v) is 6.04. The van der Waals surface area contributed by atoms with Gasteiger partial charge in [-0.3, -0.25) is 0 Å². The lowest BCUT2D eigenvalue weighted by molar-refractivity contribution is 0.174. The van der Waals surface area contributed by atoms with Crippen LogP contribution in [0.5, 0.6) is 11.5 Å². The lowest BCUT2D eigenvalue weighted by Crippen LogP contribution is -2.36. The monoisotopic (exact) mass is 460 g/mol. The molecule has 0 saturated carbocycles. The minimum Gasteiger partial charge on any atom is -0.454 e. The van der Waals surface area contributed by atoms with Gasteiger partial charge in [-0.2, -0.15) is 0 Å². The number of aromatic nitrogens is 1. The van der Waals surface area contributed by atoms with Gasteiger partial charge in [0.15, 0.2) is 17.5 Å². The molecule has 0 unspecified atom stereocenters. The zero-order valence-corrected chi connectivity index (χ0v) is 16.8. The van der Waals surface area contributed by atoms with E-state index in [1.165, 1.54) is 4.88 Å². The summed E-state index contributed by atoms with van der Waals surface area (Å²) in [5.74, 6) is 2.37. The first-order valence-corrected chi connectivity index (χ1v) is 8.44. The van der Waals surface area contributed by atoms with Gasteiger partial charge >= 0.3 is 0 Å². The fraction of sp³-hybridized carbons (Fsp3) is 0.375. The van der Waals surface area contributed by atoms with Crippen molar-refractivity contribution < 1.29 is 9.47 Å². The molecule has 1 aromatic heterocycles. The first-order valence-electron chi connectivity index (χ1n) is 7.56. The van der Waals surface area contributed by atoms with E-state index in [2.05, 4.69) is 27.5 Å². The van der Waals surface area contributed by atoms with E-state index in [-0.39, 0.29) is 24.0 Å². The number of rotatable bonds is 5. The molecule has 0 bridgehead atoms. The van der Waals surface area contributed by atoms with Crippen molar-refractivity contribution in [1.82, 2.24) is 15.6 Å². The number of nitrogens with one attached hydrogen (secondary N) is 2. The number of aryl methyl sites for hydroxylation is 1. The van der Waals surface area contributed by atoms with Crippen LogP contribution in [0.4, 0.5) is 0 Å². The van der Waals surface area contributed by atoms with Crippen LogP contribution in [-0.2, 0) is 13.1 Å². The van der Waals surface area contributed by atoms with Gasteiger partial charge in [0.05, 0.1) is 24.3 Å². The molecule has 0 fully saturated rings. The second kappa shape index (κ2) is 9.07. The molecule has 8 heteroatoms. The molecular weight excluding hydrogens is 439 g/mol. The molecular formula is C16H21IN4O2S. The molecule has 1 aromatic carbocycles. The van der Waals surface area contributed by atoms with Crippen LogP contribution in [0.2, 0.25) is 0 Å². The number of halogens is 1. The second-order valence-electron chi connectivity index (χ2n) is 5.10. The average molecular weight is 460 g/mol. The maximum Gasteiger partial charge on any atom is 0.231 e. The first kappa shape index (κ1) is 18.8. The minimum absolute atomic E-state index is 0. The Balaban J connectivity index is 0.00000208. The highest BCUT2D eigenvalue weighted by Gasteiger charge is 2.13. The van der Waals surface area contributed by atoms with Gasteiger partial charge < -0.3 is 20.1 Å². The van der Waals surface area contributed by atoms with Crippen LogP contribution in [0.25, 0.3) is 0 Å². The number of guanidine groups is 1. The van der Waals surface area contributed by atoms with E-state index in [1.54, 1.807) is 11.3 Å². The number of ether oxygens (including phenoxy) is 2. The van der Waals surface area contributed by atoms with Gasteiger partial charge in [0.1, 0.15) is 0 Å². The van der Waals surface area contributed by atoms with Crippen molar-refractivity contribution in [2.24, 2.45) is 4.99 Å². The molecule has 1 aliphatic rings. The number of hydrogen-bond acceptors (Lipinski definition) is 5. The number of hydrogen-bond donors (Lipinski definition) is 2. The third-order valence-electron chi connectivity index (χ3n) is 3.46. The predicted octanol–water partition coefficient (Wildman–Crippen LogP) is 3.05. The van der Waals surface area contributed by atoms with E-state index < -0.39 is 0 Å². The largest absolute Gasteiger partial charge is 0.454 e. The number of nitrogens with zero attached hydrogens (tertiary/aromatic N) is 2. The molecule has 2 aromatic rings. The van der Waals surface area contributed by atoms with Crippen LogP contribution in [-0.4, -0.2) is 24.3 Å². The summed E-state index contributed by atoms with van der Waals surface area (Å²) < 4.78 is 10.7. The smallest absolute Gasteiger partial charge is 0.231 e. The molecule has 1 aliphatic heterocycles. The summed E-state index contributed by atoms with van der Waals surface area (Å²) in [6, 6.07) is 5.91. The summed E-state index contributed by atoms with van der Waals surface area (Å²) in [6.45, 7) is 6.48. The van der Waals surface area contributed by atoms with E-state index in [4.69, 9.17) is 9.47 Å². The van der Waals surface area contributed by atoms with Crippen LogP contribution in [0.3, 0.4) is 0 Å². The number of benzene rings is 1. The Hall–Kier alpha value is -1.55. The quantitative estimate of drug-likeness (QED) is 0.408. The molecule has 0 spiro atoms. The molecule has 130 valence electrons.